The number of rotatable bonds is 3. The van der Waals surface area contributed by atoms with Crippen LogP contribution in [0.3, 0.4) is 0 Å². The standard InChI is InChI=1S/C12H15BrOS/c1-8-6-10(13)12(15-8)11(14)7-9-4-2-3-5-9/h6,9H,2-5,7H2,1H3. The van der Waals surface area contributed by atoms with Crippen molar-refractivity contribution in [2.24, 2.45) is 5.92 Å². The predicted molar refractivity (Wildman–Crippen MR) is 67.7 cm³/mol. The largest absolute Gasteiger partial charge is 0.293 e. The molecule has 0 aromatic carbocycles. The van der Waals surface area contributed by atoms with Crippen LogP contribution in [0.2, 0.25) is 0 Å². The van der Waals surface area contributed by atoms with Crippen LogP contribution in [-0.4, -0.2) is 5.78 Å². The van der Waals surface area contributed by atoms with E-state index in [0.29, 0.717) is 11.7 Å². The van der Waals surface area contributed by atoms with Crippen LogP contribution in [0.15, 0.2) is 10.5 Å². The molecule has 1 aliphatic rings. The van der Waals surface area contributed by atoms with Gasteiger partial charge >= 0.3 is 0 Å². The van der Waals surface area contributed by atoms with Crippen molar-refractivity contribution in [2.45, 2.75) is 39.0 Å². The van der Waals surface area contributed by atoms with Crippen LogP contribution >= 0.6 is 27.3 Å². The summed E-state index contributed by atoms with van der Waals surface area (Å²) >= 11 is 5.07. The van der Waals surface area contributed by atoms with E-state index in [1.165, 1.54) is 30.6 Å². The van der Waals surface area contributed by atoms with Crippen LogP contribution in [0.4, 0.5) is 0 Å². The normalized spacial score (nSPS) is 17.2. The molecule has 1 aromatic heterocycles. The van der Waals surface area contributed by atoms with E-state index in [1.807, 2.05) is 13.0 Å². The molecule has 1 aromatic rings. The highest BCUT2D eigenvalue weighted by Crippen LogP contribution is 2.33. The fourth-order valence-corrected chi connectivity index (χ4v) is 4.05. The third-order valence-corrected chi connectivity index (χ3v) is 4.99. The number of hydrogen-bond acceptors (Lipinski definition) is 2. The van der Waals surface area contributed by atoms with Crippen LogP contribution in [-0.2, 0) is 0 Å². The minimum Gasteiger partial charge on any atom is -0.293 e. The quantitative estimate of drug-likeness (QED) is 0.743. The maximum atomic E-state index is 12.0. The molecule has 1 heterocycles. The smallest absolute Gasteiger partial charge is 0.174 e. The number of thiophene rings is 1. The zero-order valence-electron chi connectivity index (χ0n) is 8.88. The van der Waals surface area contributed by atoms with Gasteiger partial charge < -0.3 is 0 Å². The van der Waals surface area contributed by atoms with E-state index in [1.54, 1.807) is 11.3 Å². The maximum Gasteiger partial charge on any atom is 0.174 e. The number of carbonyl (C=O) groups is 1. The molecule has 0 aliphatic heterocycles. The topological polar surface area (TPSA) is 17.1 Å². The number of aryl methyl sites for hydroxylation is 1. The molecule has 0 unspecified atom stereocenters. The summed E-state index contributed by atoms with van der Waals surface area (Å²) in [7, 11) is 0. The summed E-state index contributed by atoms with van der Waals surface area (Å²) in [5, 5.41) is 0. The van der Waals surface area contributed by atoms with E-state index in [0.717, 1.165) is 15.8 Å². The average molecular weight is 287 g/mol. The van der Waals surface area contributed by atoms with Gasteiger partial charge in [-0.1, -0.05) is 25.7 Å². The lowest BCUT2D eigenvalue weighted by Gasteiger charge is -2.06. The fraction of sp³-hybridized carbons (Fsp3) is 0.583. The zero-order valence-corrected chi connectivity index (χ0v) is 11.3. The summed E-state index contributed by atoms with van der Waals surface area (Å²) in [5.41, 5.74) is 0. The Balaban J connectivity index is 2.03. The summed E-state index contributed by atoms with van der Waals surface area (Å²) in [6.45, 7) is 2.04. The lowest BCUT2D eigenvalue weighted by atomic mass is 10.0. The van der Waals surface area contributed by atoms with Crippen molar-refractivity contribution in [2.75, 3.05) is 0 Å². The molecule has 1 nitrogen and oxygen atoms in total. The molecule has 0 spiro atoms. The Morgan fingerprint density at radius 2 is 2.20 bits per heavy atom. The van der Waals surface area contributed by atoms with Crippen LogP contribution < -0.4 is 0 Å². The molecule has 2 rings (SSSR count). The van der Waals surface area contributed by atoms with Crippen LogP contribution in [0.25, 0.3) is 0 Å². The van der Waals surface area contributed by atoms with Gasteiger partial charge in [-0.05, 0) is 34.8 Å². The van der Waals surface area contributed by atoms with Gasteiger partial charge in [-0.25, -0.2) is 0 Å². The van der Waals surface area contributed by atoms with Crippen molar-refractivity contribution in [3.05, 3.63) is 20.3 Å². The highest BCUT2D eigenvalue weighted by Gasteiger charge is 2.21. The molecule has 1 aliphatic carbocycles. The van der Waals surface area contributed by atoms with E-state index >= 15 is 0 Å². The molecular formula is C12H15BrOS. The molecule has 82 valence electrons. The molecule has 0 radical (unpaired) electrons. The number of halogens is 1. The first-order valence-electron chi connectivity index (χ1n) is 5.46. The Kier molecular flexibility index (Phi) is 3.62. The number of Topliss-reactive ketones (excluding diaryl/α,β-unsaturated/α-hetero) is 1. The summed E-state index contributed by atoms with van der Waals surface area (Å²) in [6.07, 6.45) is 5.85. The molecule has 0 N–H and O–H groups in total. The van der Waals surface area contributed by atoms with Gasteiger partial charge in [0.05, 0.1) is 4.88 Å². The molecule has 0 atom stereocenters. The first-order chi connectivity index (χ1) is 7.16. The van der Waals surface area contributed by atoms with Gasteiger partial charge in [0.25, 0.3) is 0 Å². The highest BCUT2D eigenvalue weighted by molar-refractivity contribution is 9.10. The minimum atomic E-state index is 0.326. The van der Waals surface area contributed by atoms with E-state index in [4.69, 9.17) is 0 Å². The second kappa shape index (κ2) is 4.79. The van der Waals surface area contributed by atoms with Crippen molar-refractivity contribution >= 4 is 33.0 Å². The third-order valence-electron chi connectivity index (χ3n) is 3.01. The lowest BCUT2D eigenvalue weighted by molar-refractivity contribution is 0.0965. The first kappa shape index (κ1) is 11.3. The summed E-state index contributed by atoms with van der Waals surface area (Å²) in [5.74, 6) is 0.971. The summed E-state index contributed by atoms with van der Waals surface area (Å²) < 4.78 is 0.980. The van der Waals surface area contributed by atoms with Gasteiger partial charge in [0.1, 0.15) is 0 Å². The molecule has 1 fully saturated rings. The van der Waals surface area contributed by atoms with Gasteiger partial charge in [0.15, 0.2) is 5.78 Å². The van der Waals surface area contributed by atoms with Gasteiger partial charge in [0.2, 0.25) is 0 Å². The average Bonchev–Trinajstić information content (AvgIpc) is 2.75. The van der Waals surface area contributed by atoms with Crippen LogP contribution in [0.1, 0.15) is 46.7 Å². The molecule has 0 bridgehead atoms. The van der Waals surface area contributed by atoms with E-state index in [2.05, 4.69) is 15.9 Å². The highest BCUT2D eigenvalue weighted by atomic mass is 79.9. The monoisotopic (exact) mass is 286 g/mol. The van der Waals surface area contributed by atoms with Gasteiger partial charge in [-0.2, -0.15) is 0 Å². The van der Waals surface area contributed by atoms with E-state index in [9.17, 15) is 4.79 Å². The lowest BCUT2D eigenvalue weighted by Crippen LogP contribution is -2.04. The van der Waals surface area contributed by atoms with Gasteiger partial charge in [-0.15, -0.1) is 11.3 Å². The maximum absolute atomic E-state index is 12.0. The Labute approximate surface area is 103 Å². The molecule has 3 heteroatoms. The molecule has 15 heavy (non-hydrogen) atoms. The second-order valence-electron chi connectivity index (χ2n) is 4.31. The van der Waals surface area contributed by atoms with Crippen LogP contribution in [0, 0.1) is 12.8 Å². The molecule has 1 saturated carbocycles. The number of hydrogen-bond donors (Lipinski definition) is 0. The minimum absolute atomic E-state index is 0.326. The second-order valence-corrected chi connectivity index (χ2v) is 6.42. The molecule has 0 saturated heterocycles. The molecular weight excluding hydrogens is 272 g/mol. The molecule has 0 amide bonds. The predicted octanol–water partition coefficient (Wildman–Crippen LogP) is 4.58. The van der Waals surface area contributed by atoms with Crippen molar-refractivity contribution in [1.82, 2.24) is 0 Å². The van der Waals surface area contributed by atoms with Crippen LogP contribution in [0.5, 0.6) is 0 Å². The zero-order chi connectivity index (χ0) is 10.8. The number of ketones is 1. The Hall–Kier alpha value is -0.150. The SMILES string of the molecule is Cc1cc(Br)c(C(=O)CC2CCCC2)s1. The van der Waals surface area contributed by atoms with Crippen molar-refractivity contribution in [3.63, 3.8) is 0 Å². The third kappa shape index (κ3) is 2.70. The van der Waals surface area contributed by atoms with Crippen molar-refractivity contribution < 1.29 is 4.79 Å². The van der Waals surface area contributed by atoms with Crippen molar-refractivity contribution in [1.29, 1.82) is 0 Å². The number of carbonyl (C=O) groups excluding carboxylic acids is 1. The summed E-state index contributed by atoms with van der Waals surface area (Å²) in [4.78, 5) is 14.1. The summed E-state index contributed by atoms with van der Waals surface area (Å²) in [6, 6.07) is 2.03. The van der Waals surface area contributed by atoms with Gasteiger partial charge in [-0.3, -0.25) is 4.79 Å². The van der Waals surface area contributed by atoms with E-state index < -0.39 is 0 Å². The Morgan fingerprint density at radius 1 is 1.53 bits per heavy atom. The van der Waals surface area contributed by atoms with Crippen molar-refractivity contribution in [3.8, 4) is 0 Å². The van der Waals surface area contributed by atoms with Gasteiger partial charge in [0, 0.05) is 15.8 Å². The Bertz CT molecular complexity index is 364. The first-order valence-corrected chi connectivity index (χ1v) is 7.07. The van der Waals surface area contributed by atoms with E-state index in [-0.39, 0.29) is 0 Å². The Morgan fingerprint density at radius 3 is 2.73 bits per heavy atom. The fourth-order valence-electron chi connectivity index (χ4n) is 2.24.